The Bertz CT molecular complexity index is 949. The molecule has 26 heavy (non-hydrogen) atoms. The van der Waals surface area contributed by atoms with Gasteiger partial charge in [0, 0.05) is 18.1 Å². The van der Waals surface area contributed by atoms with Crippen LogP contribution in [0.25, 0.3) is 0 Å². The molecule has 11 heteroatoms. The molecule has 2 aromatic heterocycles. The Morgan fingerprint density at radius 1 is 1.27 bits per heavy atom. The lowest BCUT2D eigenvalue weighted by Crippen LogP contribution is -2.14. The van der Waals surface area contributed by atoms with E-state index in [0.717, 1.165) is 12.6 Å². The molecule has 1 aromatic carbocycles. The predicted molar refractivity (Wildman–Crippen MR) is 86.7 cm³/mol. The normalized spacial score (nSPS) is 11.6. The van der Waals surface area contributed by atoms with Crippen molar-refractivity contribution in [2.24, 2.45) is 7.05 Å². The number of nitrogens with one attached hydrogen (secondary N) is 1. The molecular formula is C15H12ClF3N6O. The molecule has 0 unspecified atom stereocenters. The van der Waals surface area contributed by atoms with Crippen LogP contribution < -0.4 is 5.32 Å². The molecule has 1 N–H and O–H groups in total. The van der Waals surface area contributed by atoms with Gasteiger partial charge in [0.15, 0.2) is 5.69 Å². The molecule has 7 nitrogen and oxygen atoms in total. The molecule has 0 spiro atoms. The third-order valence-corrected chi connectivity index (χ3v) is 3.63. The largest absolute Gasteiger partial charge is 0.433 e. The fourth-order valence-corrected chi connectivity index (χ4v) is 2.47. The summed E-state index contributed by atoms with van der Waals surface area (Å²) in [5, 5.41) is 10.5. The highest BCUT2D eigenvalue weighted by Crippen LogP contribution is 2.29. The maximum Gasteiger partial charge on any atom is 0.433 e. The highest BCUT2D eigenvalue weighted by molar-refractivity contribution is 6.30. The minimum Gasteiger partial charge on any atom is -0.288 e. The van der Waals surface area contributed by atoms with Gasteiger partial charge in [-0.05, 0) is 17.7 Å². The Morgan fingerprint density at radius 2 is 2.04 bits per heavy atom. The second-order valence-electron chi connectivity index (χ2n) is 5.39. The Kier molecular flexibility index (Phi) is 4.68. The molecule has 3 rings (SSSR count). The van der Waals surface area contributed by atoms with E-state index in [0.29, 0.717) is 22.3 Å². The molecule has 136 valence electrons. The number of aryl methyl sites for hydroxylation is 1. The lowest BCUT2D eigenvalue weighted by atomic mass is 10.2. The number of anilines is 1. The van der Waals surface area contributed by atoms with Gasteiger partial charge in [-0.25, -0.2) is 9.67 Å². The van der Waals surface area contributed by atoms with Gasteiger partial charge >= 0.3 is 6.18 Å². The van der Waals surface area contributed by atoms with Crippen LogP contribution >= 0.6 is 11.6 Å². The van der Waals surface area contributed by atoms with Crippen molar-refractivity contribution in [2.75, 3.05) is 5.32 Å². The van der Waals surface area contributed by atoms with E-state index < -0.39 is 17.8 Å². The molecule has 0 radical (unpaired) electrons. The number of aromatic nitrogens is 5. The quantitative estimate of drug-likeness (QED) is 0.750. The van der Waals surface area contributed by atoms with Crippen LogP contribution in [0.15, 0.2) is 36.7 Å². The number of rotatable bonds is 4. The van der Waals surface area contributed by atoms with Crippen LogP contribution in [0, 0.1) is 0 Å². The first-order chi connectivity index (χ1) is 12.2. The summed E-state index contributed by atoms with van der Waals surface area (Å²) in [6, 6.07) is 7.79. The summed E-state index contributed by atoms with van der Waals surface area (Å²) in [4.78, 5) is 16.0. The Hall–Kier alpha value is -2.88. The molecule has 2 heterocycles. The van der Waals surface area contributed by atoms with Gasteiger partial charge in [-0.2, -0.15) is 18.3 Å². The number of benzene rings is 1. The van der Waals surface area contributed by atoms with Crippen LogP contribution in [0.3, 0.4) is 0 Å². The molecule has 3 aromatic rings. The highest BCUT2D eigenvalue weighted by atomic mass is 35.5. The molecule has 0 aliphatic carbocycles. The van der Waals surface area contributed by atoms with E-state index in [9.17, 15) is 18.0 Å². The van der Waals surface area contributed by atoms with Gasteiger partial charge in [-0.15, -0.1) is 5.10 Å². The van der Waals surface area contributed by atoms with E-state index in [1.54, 1.807) is 18.2 Å². The molecule has 0 saturated heterocycles. The molecule has 1 amide bonds. The van der Waals surface area contributed by atoms with Crippen molar-refractivity contribution in [3.05, 3.63) is 58.6 Å². The summed E-state index contributed by atoms with van der Waals surface area (Å²) >= 11 is 5.91. The first kappa shape index (κ1) is 17.9. The van der Waals surface area contributed by atoms with Gasteiger partial charge in [0.1, 0.15) is 12.0 Å². The van der Waals surface area contributed by atoms with E-state index in [1.165, 1.54) is 11.0 Å². The van der Waals surface area contributed by atoms with Crippen molar-refractivity contribution in [1.82, 2.24) is 24.5 Å². The zero-order valence-electron chi connectivity index (χ0n) is 13.3. The average molecular weight is 385 g/mol. The average Bonchev–Trinajstić information content (AvgIpc) is 3.13. The SMILES string of the molecule is Cn1nc(C(=O)Nc2ncn(Cc3cccc(Cl)c3)n2)cc1C(F)(F)F. The number of hydrogen-bond acceptors (Lipinski definition) is 4. The summed E-state index contributed by atoms with van der Waals surface area (Å²) in [6.45, 7) is 0.366. The van der Waals surface area contributed by atoms with Gasteiger partial charge in [-0.3, -0.25) is 14.8 Å². The van der Waals surface area contributed by atoms with Crippen molar-refractivity contribution in [2.45, 2.75) is 12.7 Å². The summed E-state index contributed by atoms with van der Waals surface area (Å²) in [7, 11) is 1.11. The maximum absolute atomic E-state index is 12.8. The smallest absolute Gasteiger partial charge is 0.288 e. The van der Waals surface area contributed by atoms with Crippen molar-refractivity contribution < 1.29 is 18.0 Å². The van der Waals surface area contributed by atoms with Crippen molar-refractivity contribution in [3.8, 4) is 0 Å². The fraction of sp³-hybridized carbons (Fsp3) is 0.200. The van der Waals surface area contributed by atoms with Crippen molar-refractivity contribution >= 4 is 23.5 Å². The zero-order valence-corrected chi connectivity index (χ0v) is 14.1. The van der Waals surface area contributed by atoms with Crippen LogP contribution in [0.1, 0.15) is 21.7 Å². The van der Waals surface area contributed by atoms with Crippen molar-refractivity contribution in [1.29, 1.82) is 0 Å². The molecule has 0 fully saturated rings. The molecule has 0 aliphatic heterocycles. The molecule has 0 saturated carbocycles. The maximum atomic E-state index is 12.8. The number of carbonyl (C=O) groups is 1. The van der Waals surface area contributed by atoms with Crippen LogP contribution in [0.4, 0.5) is 19.1 Å². The van der Waals surface area contributed by atoms with E-state index >= 15 is 0 Å². The number of carbonyl (C=O) groups excluding carboxylic acids is 1. The summed E-state index contributed by atoms with van der Waals surface area (Å²) in [6.07, 6.45) is -3.22. The number of halogens is 4. The van der Waals surface area contributed by atoms with Gasteiger partial charge in [0.25, 0.3) is 5.91 Å². The van der Waals surface area contributed by atoms with Crippen LogP contribution in [-0.2, 0) is 19.8 Å². The van der Waals surface area contributed by atoms with Crippen molar-refractivity contribution in [3.63, 3.8) is 0 Å². The minimum atomic E-state index is -4.60. The lowest BCUT2D eigenvalue weighted by molar-refractivity contribution is -0.143. The zero-order chi connectivity index (χ0) is 18.9. The topological polar surface area (TPSA) is 77.6 Å². The predicted octanol–water partition coefficient (Wildman–Crippen LogP) is 2.98. The second-order valence-corrected chi connectivity index (χ2v) is 5.82. The third-order valence-electron chi connectivity index (χ3n) is 3.40. The van der Waals surface area contributed by atoms with Crippen LogP contribution in [0.2, 0.25) is 5.02 Å². The molecule has 0 aliphatic rings. The number of nitrogens with zero attached hydrogens (tertiary/aromatic N) is 5. The lowest BCUT2D eigenvalue weighted by Gasteiger charge is -2.04. The van der Waals surface area contributed by atoms with Crippen LogP contribution in [-0.4, -0.2) is 30.5 Å². The monoisotopic (exact) mass is 384 g/mol. The number of hydrogen-bond donors (Lipinski definition) is 1. The summed E-state index contributed by atoms with van der Waals surface area (Å²) in [5.74, 6) is -0.882. The highest BCUT2D eigenvalue weighted by Gasteiger charge is 2.35. The second kappa shape index (κ2) is 6.79. The fourth-order valence-electron chi connectivity index (χ4n) is 2.26. The third kappa shape index (κ3) is 4.02. The Balaban J connectivity index is 1.70. The molecular weight excluding hydrogens is 373 g/mol. The summed E-state index contributed by atoms with van der Waals surface area (Å²) < 4.78 is 40.3. The van der Waals surface area contributed by atoms with E-state index in [1.807, 2.05) is 6.07 Å². The first-order valence-corrected chi connectivity index (χ1v) is 7.66. The minimum absolute atomic E-state index is 0.0451. The van der Waals surface area contributed by atoms with E-state index in [4.69, 9.17) is 11.6 Å². The van der Waals surface area contributed by atoms with Gasteiger partial charge < -0.3 is 0 Å². The Labute approximate surface area is 150 Å². The standard InChI is InChI=1S/C15H12ClF3N6O/c1-24-12(15(17,18)19)6-11(22-24)13(26)21-14-20-8-25(23-14)7-9-3-2-4-10(16)5-9/h2-6,8H,7H2,1H3,(H,21,23,26). The molecule has 0 atom stereocenters. The van der Waals surface area contributed by atoms with E-state index in [-0.39, 0.29) is 11.6 Å². The number of amides is 1. The van der Waals surface area contributed by atoms with Gasteiger partial charge in [0.2, 0.25) is 5.95 Å². The molecule has 0 bridgehead atoms. The number of alkyl halides is 3. The Morgan fingerprint density at radius 3 is 2.69 bits per heavy atom. The first-order valence-electron chi connectivity index (χ1n) is 7.29. The summed E-state index contributed by atoms with van der Waals surface area (Å²) in [5.41, 5.74) is -0.534. The van der Waals surface area contributed by atoms with Gasteiger partial charge in [0.05, 0.1) is 6.54 Å². The van der Waals surface area contributed by atoms with Crippen LogP contribution in [0.5, 0.6) is 0 Å². The van der Waals surface area contributed by atoms with Gasteiger partial charge in [-0.1, -0.05) is 23.7 Å². The van der Waals surface area contributed by atoms with E-state index in [2.05, 4.69) is 20.5 Å².